The van der Waals surface area contributed by atoms with E-state index in [4.69, 9.17) is 14.2 Å². The first kappa shape index (κ1) is 37.2. The van der Waals surface area contributed by atoms with Crippen molar-refractivity contribution in [1.29, 1.82) is 0 Å². The molecule has 12 nitrogen and oxygen atoms in total. The average molecular weight is 715 g/mol. The Morgan fingerprint density at radius 2 is 1.04 bits per heavy atom. The second kappa shape index (κ2) is 17.7. The largest absolute Gasteiger partial charge is 0.504 e. The number of pyridine rings is 2. The summed E-state index contributed by atoms with van der Waals surface area (Å²) in [7, 11) is 4.34. The van der Waals surface area contributed by atoms with Crippen molar-refractivity contribution in [3.05, 3.63) is 156 Å². The number of methoxy groups -OCH3 is 3. The summed E-state index contributed by atoms with van der Waals surface area (Å²) in [6, 6.07) is 31.6. The number of phenols is 2. The second-order valence-electron chi connectivity index (χ2n) is 11.5. The Balaban J connectivity index is 0.000000204. The molecule has 0 spiro atoms. The summed E-state index contributed by atoms with van der Waals surface area (Å²) < 4.78 is 15.0. The van der Waals surface area contributed by atoms with Gasteiger partial charge in [0.05, 0.1) is 32.5 Å². The number of hydrogen-bond acceptors (Lipinski definition) is 11. The summed E-state index contributed by atoms with van der Waals surface area (Å²) in [5, 5.41) is 29.6. The van der Waals surface area contributed by atoms with Crippen molar-refractivity contribution >= 4 is 34.7 Å². The molecule has 0 fully saturated rings. The number of carbonyl (C=O) groups is 2. The van der Waals surface area contributed by atoms with E-state index in [1.54, 1.807) is 85.5 Å². The molecule has 2 aromatic heterocycles. The van der Waals surface area contributed by atoms with Gasteiger partial charge in [-0.25, -0.2) is 9.59 Å². The van der Waals surface area contributed by atoms with Crippen LogP contribution in [-0.4, -0.2) is 58.6 Å². The number of esters is 1. The van der Waals surface area contributed by atoms with Gasteiger partial charge < -0.3 is 39.3 Å². The normalized spacial score (nSPS) is 10.3. The third kappa shape index (κ3) is 9.58. The number of ether oxygens (including phenoxy) is 3. The van der Waals surface area contributed by atoms with E-state index in [1.807, 2.05) is 58.3 Å². The van der Waals surface area contributed by atoms with Crippen molar-refractivity contribution in [3.63, 3.8) is 0 Å². The maximum absolute atomic E-state index is 11.9. The minimum absolute atomic E-state index is 0.00979. The fourth-order valence-corrected chi connectivity index (χ4v) is 5.43. The number of carbonyl (C=O) groups excluding carboxylic acids is 1. The van der Waals surface area contributed by atoms with Gasteiger partial charge in [-0.2, -0.15) is 0 Å². The highest BCUT2D eigenvalue weighted by molar-refractivity contribution is 5.91. The molecule has 2 heterocycles. The Morgan fingerprint density at radius 1 is 0.585 bits per heavy atom. The number of phenolic OH excluding ortho intramolecular Hbond substituents is 2. The van der Waals surface area contributed by atoms with Crippen LogP contribution in [0, 0.1) is 0 Å². The lowest BCUT2D eigenvalue weighted by molar-refractivity contribution is 0.0599. The van der Waals surface area contributed by atoms with E-state index in [9.17, 15) is 24.9 Å². The molecule has 0 aliphatic carbocycles. The number of benzene rings is 4. The van der Waals surface area contributed by atoms with Crippen LogP contribution in [0.15, 0.2) is 134 Å². The van der Waals surface area contributed by atoms with Crippen molar-refractivity contribution in [3.8, 4) is 23.0 Å². The van der Waals surface area contributed by atoms with Crippen LogP contribution in [0.5, 0.6) is 23.0 Å². The van der Waals surface area contributed by atoms with E-state index in [0.29, 0.717) is 41.5 Å². The van der Waals surface area contributed by atoms with Crippen molar-refractivity contribution in [2.75, 3.05) is 31.1 Å². The van der Waals surface area contributed by atoms with Crippen LogP contribution in [0.2, 0.25) is 0 Å². The summed E-state index contributed by atoms with van der Waals surface area (Å²) in [4.78, 5) is 35.4. The third-order valence-electron chi connectivity index (χ3n) is 8.06. The first-order valence-corrected chi connectivity index (χ1v) is 16.3. The molecule has 0 saturated heterocycles. The highest BCUT2D eigenvalue weighted by Crippen LogP contribution is 2.36. The van der Waals surface area contributed by atoms with E-state index in [1.165, 1.54) is 21.3 Å². The molecule has 270 valence electrons. The topological polar surface area (TPSA) is 155 Å². The molecule has 0 aliphatic heterocycles. The predicted octanol–water partition coefficient (Wildman–Crippen LogP) is 7.75. The number of rotatable bonds is 12. The van der Waals surface area contributed by atoms with Gasteiger partial charge in [-0.05, 0) is 83.9 Å². The Labute approximate surface area is 306 Å². The molecule has 0 radical (unpaired) electrons. The van der Waals surface area contributed by atoms with Gasteiger partial charge in [0.25, 0.3) is 0 Å². The molecule has 4 aromatic carbocycles. The van der Waals surface area contributed by atoms with Gasteiger partial charge in [0.15, 0.2) is 23.0 Å². The van der Waals surface area contributed by atoms with Crippen LogP contribution in [0.4, 0.5) is 22.7 Å². The van der Waals surface area contributed by atoms with Gasteiger partial charge in [0, 0.05) is 72.8 Å². The summed E-state index contributed by atoms with van der Waals surface area (Å²) in [5.41, 5.74) is 5.50. The number of carboxylic acids is 1. The Morgan fingerprint density at radius 3 is 1.43 bits per heavy atom. The van der Waals surface area contributed by atoms with Crippen molar-refractivity contribution in [2.45, 2.75) is 13.1 Å². The number of nitrogens with zero attached hydrogens (tertiary/aromatic N) is 4. The zero-order chi connectivity index (χ0) is 37.7. The quantitative estimate of drug-likeness (QED) is 0.106. The molecular formula is C41H38N4O8. The number of carboxylic acid groups (broad SMARTS) is 1. The number of hydrogen-bond donors (Lipinski definition) is 3. The second-order valence-corrected chi connectivity index (χ2v) is 11.5. The van der Waals surface area contributed by atoms with Crippen LogP contribution in [0.1, 0.15) is 31.8 Å². The van der Waals surface area contributed by atoms with Crippen molar-refractivity contribution in [2.24, 2.45) is 0 Å². The molecule has 0 unspecified atom stereocenters. The maximum atomic E-state index is 11.9. The SMILES string of the molecule is COC(=O)c1cccc(N(Cc2cccnc2)c2ccc(OC)c(O)c2)c1.COc1ccc(N(Cc2cccnc2)c2cccc(C(=O)O)c2)cc1O. The number of aromatic hydroxyl groups is 2. The highest BCUT2D eigenvalue weighted by Gasteiger charge is 2.17. The van der Waals surface area contributed by atoms with Gasteiger partial charge >= 0.3 is 11.9 Å². The van der Waals surface area contributed by atoms with Gasteiger partial charge in [0.1, 0.15) is 0 Å². The number of aromatic nitrogens is 2. The van der Waals surface area contributed by atoms with Crippen LogP contribution in [0.3, 0.4) is 0 Å². The Kier molecular flexibility index (Phi) is 12.4. The zero-order valence-electron chi connectivity index (χ0n) is 29.3. The zero-order valence-corrected chi connectivity index (χ0v) is 29.3. The summed E-state index contributed by atoms with van der Waals surface area (Å²) in [6.07, 6.45) is 6.93. The first-order chi connectivity index (χ1) is 25.7. The summed E-state index contributed by atoms with van der Waals surface area (Å²) in [5.74, 6) is -0.592. The molecule has 0 atom stereocenters. The molecular weight excluding hydrogens is 676 g/mol. The highest BCUT2D eigenvalue weighted by atomic mass is 16.5. The van der Waals surface area contributed by atoms with Crippen LogP contribution >= 0.6 is 0 Å². The predicted molar refractivity (Wildman–Crippen MR) is 201 cm³/mol. The molecule has 0 amide bonds. The Bertz CT molecular complexity index is 2150. The minimum Gasteiger partial charge on any atom is -0.504 e. The van der Waals surface area contributed by atoms with Crippen molar-refractivity contribution < 1.29 is 39.1 Å². The van der Waals surface area contributed by atoms with Gasteiger partial charge in [-0.15, -0.1) is 0 Å². The minimum atomic E-state index is -0.995. The standard InChI is InChI=1S/C21H20N2O4.C20H18N2O4/c1-26-20-9-8-18(12-19(20)24)23(14-15-5-4-10-22-13-15)17-7-3-6-16(11-17)21(25)27-2;1-26-19-8-7-17(11-18(19)23)22(13-14-4-3-9-21-12-14)16-6-2-5-15(10-16)20(24)25/h3-13,24H,14H2,1-2H3;2-12,23H,13H2,1H3,(H,24,25). The fraction of sp³-hybridized carbons (Fsp3) is 0.122. The molecule has 0 saturated carbocycles. The molecule has 6 aromatic rings. The lowest BCUT2D eigenvalue weighted by Crippen LogP contribution is -2.17. The van der Waals surface area contributed by atoms with Gasteiger partial charge in [-0.3, -0.25) is 9.97 Å². The van der Waals surface area contributed by atoms with Crippen molar-refractivity contribution in [1.82, 2.24) is 9.97 Å². The van der Waals surface area contributed by atoms with E-state index >= 15 is 0 Å². The van der Waals surface area contributed by atoms with Crippen LogP contribution < -0.4 is 19.3 Å². The number of aromatic carboxylic acids is 1. The molecule has 12 heteroatoms. The smallest absolute Gasteiger partial charge is 0.337 e. The molecule has 0 bridgehead atoms. The Hall–Kier alpha value is -7.08. The summed E-state index contributed by atoms with van der Waals surface area (Å²) in [6.45, 7) is 0.965. The summed E-state index contributed by atoms with van der Waals surface area (Å²) >= 11 is 0. The molecule has 3 N–H and O–H groups in total. The van der Waals surface area contributed by atoms with E-state index in [0.717, 1.165) is 22.5 Å². The molecule has 6 rings (SSSR count). The van der Waals surface area contributed by atoms with E-state index in [-0.39, 0.29) is 17.1 Å². The van der Waals surface area contributed by atoms with E-state index in [2.05, 4.69) is 9.97 Å². The first-order valence-electron chi connectivity index (χ1n) is 16.3. The van der Waals surface area contributed by atoms with Gasteiger partial charge in [0.2, 0.25) is 0 Å². The monoisotopic (exact) mass is 714 g/mol. The van der Waals surface area contributed by atoms with Gasteiger partial charge in [-0.1, -0.05) is 24.3 Å². The maximum Gasteiger partial charge on any atom is 0.337 e. The average Bonchev–Trinajstić information content (AvgIpc) is 3.19. The fourth-order valence-electron chi connectivity index (χ4n) is 5.43. The molecule has 0 aliphatic rings. The van der Waals surface area contributed by atoms with Crippen LogP contribution in [-0.2, 0) is 17.8 Å². The lowest BCUT2D eigenvalue weighted by atomic mass is 10.1. The third-order valence-corrected chi connectivity index (χ3v) is 8.06. The van der Waals surface area contributed by atoms with E-state index < -0.39 is 11.9 Å². The number of anilines is 4. The lowest BCUT2D eigenvalue weighted by Gasteiger charge is -2.26. The van der Waals surface area contributed by atoms with Crippen LogP contribution in [0.25, 0.3) is 0 Å². The molecule has 53 heavy (non-hydrogen) atoms.